The number of halogens is 3. The number of rotatable bonds is 4. The second kappa shape index (κ2) is 5.52. The molecule has 0 fully saturated rings. The van der Waals surface area contributed by atoms with Crippen LogP contribution in [0, 0.1) is 0 Å². The number of esters is 1. The molecule has 0 N–H and O–H groups in total. The standard InChI is InChI=1S/C12H9F3O6S/c1-2-19-10(16)9-7-5-3-4-6-8(7)20-11(9)21-22(17,18)12(13,14)15/h3-6H,2H2,1H3. The Morgan fingerprint density at radius 3 is 2.50 bits per heavy atom. The summed E-state index contributed by atoms with van der Waals surface area (Å²) in [6, 6.07) is 5.68. The van der Waals surface area contributed by atoms with Gasteiger partial charge in [0.1, 0.15) is 5.58 Å². The van der Waals surface area contributed by atoms with E-state index in [1.165, 1.54) is 31.2 Å². The molecule has 0 aliphatic rings. The number of benzene rings is 1. The van der Waals surface area contributed by atoms with Gasteiger partial charge in [-0.3, -0.25) is 0 Å². The number of hydrogen-bond acceptors (Lipinski definition) is 6. The van der Waals surface area contributed by atoms with E-state index in [0.717, 1.165) is 0 Å². The summed E-state index contributed by atoms with van der Waals surface area (Å²) in [5.41, 5.74) is -6.19. The molecule has 0 aliphatic carbocycles. The molecule has 2 aromatic rings. The molecule has 1 aromatic heterocycles. The van der Waals surface area contributed by atoms with Crippen molar-refractivity contribution in [3.05, 3.63) is 29.8 Å². The number of para-hydroxylation sites is 1. The summed E-state index contributed by atoms with van der Waals surface area (Å²) in [5.74, 6) is -2.14. The zero-order valence-electron chi connectivity index (χ0n) is 11.0. The highest BCUT2D eigenvalue weighted by Crippen LogP contribution is 2.36. The van der Waals surface area contributed by atoms with Crippen LogP contribution in [0.25, 0.3) is 11.0 Å². The van der Waals surface area contributed by atoms with Gasteiger partial charge in [0.25, 0.3) is 0 Å². The number of hydrogen-bond donors (Lipinski definition) is 0. The largest absolute Gasteiger partial charge is 0.534 e. The van der Waals surface area contributed by atoms with Crippen LogP contribution < -0.4 is 4.18 Å². The average Bonchev–Trinajstić information content (AvgIpc) is 2.74. The Bertz CT molecular complexity index is 806. The van der Waals surface area contributed by atoms with Gasteiger partial charge in [0.2, 0.25) is 0 Å². The molecule has 0 spiro atoms. The monoisotopic (exact) mass is 338 g/mol. The maximum Gasteiger partial charge on any atom is 0.534 e. The summed E-state index contributed by atoms with van der Waals surface area (Å²) in [6.45, 7) is 1.41. The molecule has 0 aliphatic heterocycles. The zero-order valence-corrected chi connectivity index (χ0v) is 11.8. The highest BCUT2D eigenvalue weighted by molar-refractivity contribution is 7.87. The maximum atomic E-state index is 12.4. The number of ether oxygens (including phenoxy) is 1. The third kappa shape index (κ3) is 2.86. The number of alkyl halides is 3. The minimum atomic E-state index is -5.97. The Balaban J connectivity index is 2.59. The van der Waals surface area contributed by atoms with Crippen molar-refractivity contribution in [1.82, 2.24) is 0 Å². The van der Waals surface area contributed by atoms with Gasteiger partial charge in [-0.15, -0.1) is 0 Å². The van der Waals surface area contributed by atoms with Crippen LogP contribution in [0.2, 0.25) is 0 Å². The van der Waals surface area contributed by atoms with Crippen molar-refractivity contribution in [2.24, 2.45) is 0 Å². The average molecular weight is 338 g/mol. The zero-order chi connectivity index (χ0) is 16.5. The molecule has 1 heterocycles. The molecule has 1 aromatic carbocycles. The van der Waals surface area contributed by atoms with Crippen LogP contribution in [0.1, 0.15) is 17.3 Å². The van der Waals surface area contributed by atoms with Crippen molar-refractivity contribution in [3.8, 4) is 5.95 Å². The van der Waals surface area contributed by atoms with Crippen LogP contribution in [0.15, 0.2) is 28.7 Å². The molecule has 0 saturated carbocycles. The Kier molecular flexibility index (Phi) is 4.05. The van der Waals surface area contributed by atoms with E-state index in [1.54, 1.807) is 0 Å². The predicted octanol–water partition coefficient (Wildman–Crippen LogP) is 2.84. The van der Waals surface area contributed by atoms with Crippen molar-refractivity contribution in [2.75, 3.05) is 6.61 Å². The molecular formula is C12H9F3O6S. The fourth-order valence-corrected chi connectivity index (χ4v) is 2.04. The van der Waals surface area contributed by atoms with E-state index in [0.29, 0.717) is 0 Å². The maximum absolute atomic E-state index is 12.4. The second-order valence-corrected chi connectivity index (χ2v) is 5.50. The Morgan fingerprint density at radius 1 is 1.27 bits per heavy atom. The van der Waals surface area contributed by atoms with Crippen LogP contribution >= 0.6 is 0 Å². The number of fused-ring (bicyclic) bond motifs is 1. The highest BCUT2D eigenvalue weighted by Gasteiger charge is 2.50. The molecule has 0 atom stereocenters. The SMILES string of the molecule is CCOC(=O)c1c(OS(=O)(=O)C(F)(F)F)oc2ccccc12. The van der Waals surface area contributed by atoms with E-state index < -0.39 is 33.1 Å². The first-order valence-electron chi connectivity index (χ1n) is 5.86. The van der Waals surface area contributed by atoms with Crippen molar-refractivity contribution >= 4 is 27.1 Å². The summed E-state index contributed by atoms with van der Waals surface area (Å²) < 4.78 is 72.8. The molecule has 0 radical (unpaired) electrons. The Hall–Kier alpha value is -2.23. The van der Waals surface area contributed by atoms with Gasteiger partial charge in [0.15, 0.2) is 5.56 Å². The molecule has 6 nitrogen and oxygen atoms in total. The summed E-state index contributed by atoms with van der Waals surface area (Å²) >= 11 is 0. The first-order valence-corrected chi connectivity index (χ1v) is 7.27. The van der Waals surface area contributed by atoms with Crippen LogP contribution in [0.3, 0.4) is 0 Å². The third-order valence-electron chi connectivity index (χ3n) is 2.51. The van der Waals surface area contributed by atoms with Gasteiger partial charge in [0, 0.05) is 5.39 Å². The lowest BCUT2D eigenvalue weighted by Crippen LogP contribution is -2.28. The third-order valence-corrected chi connectivity index (χ3v) is 3.45. The minimum Gasteiger partial charge on any atom is -0.462 e. The molecular weight excluding hydrogens is 329 g/mol. The fourth-order valence-electron chi connectivity index (χ4n) is 1.63. The second-order valence-electron chi connectivity index (χ2n) is 3.96. The van der Waals surface area contributed by atoms with Crippen molar-refractivity contribution in [1.29, 1.82) is 0 Å². The van der Waals surface area contributed by atoms with Crippen molar-refractivity contribution in [2.45, 2.75) is 12.4 Å². The van der Waals surface area contributed by atoms with Gasteiger partial charge < -0.3 is 13.3 Å². The van der Waals surface area contributed by atoms with E-state index in [-0.39, 0.29) is 17.6 Å². The quantitative estimate of drug-likeness (QED) is 0.484. The smallest absolute Gasteiger partial charge is 0.462 e. The molecule has 0 unspecified atom stereocenters. The summed E-state index contributed by atoms with van der Waals surface area (Å²) in [5, 5.41) is 0.0772. The Morgan fingerprint density at radius 2 is 1.91 bits per heavy atom. The fraction of sp³-hybridized carbons (Fsp3) is 0.250. The number of carbonyl (C=O) groups excluding carboxylic acids is 1. The van der Waals surface area contributed by atoms with Gasteiger partial charge in [-0.25, -0.2) is 4.79 Å². The number of carbonyl (C=O) groups is 1. The van der Waals surface area contributed by atoms with E-state index >= 15 is 0 Å². The van der Waals surface area contributed by atoms with Gasteiger partial charge in [-0.1, -0.05) is 18.2 Å². The predicted molar refractivity (Wildman–Crippen MR) is 67.8 cm³/mol. The highest BCUT2D eigenvalue weighted by atomic mass is 32.2. The lowest BCUT2D eigenvalue weighted by atomic mass is 10.2. The van der Waals surface area contributed by atoms with Crippen molar-refractivity contribution in [3.63, 3.8) is 0 Å². The lowest BCUT2D eigenvalue weighted by molar-refractivity contribution is -0.0506. The summed E-state index contributed by atoms with van der Waals surface area (Å²) in [6.07, 6.45) is 0. The van der Waals surface area contributed by atoms with E-state index in [4.69, 9.17) is 4.42 Å². The Labute approximate surface area is 122 Å². The topological polar surface area (TPSA) is 82.8 Å². The normalized spacial score (nSPS) is 12.4. The molecule has 10 heteroatoms. The molecule has 0 bridgehead atoms. The molecule has 0 amide bonds. The van der Waals surface area contributed by atoms with Gasteiger partial charge >= 0.3 is 27.5 Å². The van der Waals surface area contributed by atoms with E-state index in [2.05, 4.69) is 8.92 Å². The van der Waals surface area contributed by atoms with Crippen LogP contribution in [-0.2, 0) is 14.9 Å². The van der Waals surface area contributed by atoms with Crippen LogP contribution in [0.4, 0.5) is 13.2 Å². The lowest BCUT2D eigenvalue weighted by Gasteiger charge is -2.08. The van der Waals surface area contributed by atoms with E-state index in [9.17, 15) is 26.4 Å². The number of furan rings is 1. The minimum absolute atomic E-state index is 0.0158. The summed E-state index contributed by atoms with van der Waals surface area (Å²) in [7, 11) is -5.97. The first-order chi connectivity index (χ1) is 10.2. The molecule has 0 saturated heterocycles. The van der Waals surface area contributed by atoms with Crippen LogP contribution in [0.5, 0.6) is 5.95 Å². The van der Waals surface area contributed by atoms with Gasteiger partial charge in [-0.2, -0.15) is 21.6 Å². The van der Waals surface area contributed by atoms with Gasteiger partial charge in [-0.05, 0) is 13.0 Å². The van der Waals surface area contributed by atoms with Gasteiger partial charge in [0.05, 0.1) is 6.61 Å². The summed E-state index contributed by atoms with van der Waals surface area (Å²) in [4.78, 5) is 11.8. The molecule has 120 valence electrons. The van der Waals surface area contributed by atoms with Crippen molar-refractivity contribution < 1.29 is 39.7 Å². The van der Waals surface area contributed by atoms with E-state index in [1.807, 2.05) is 0 Å². The molecule has 2 rings (SSSR count). The van der Waals surface area contributed by atoms with Crippen LogP contribution in [-0.4, -0.2) is 26.5 Å². The molecule has 22 heavy (non-hydrogen) atoms. The first kappa shape index (κ1) is 16.1.